The van der Waals surface area contributed by atoms with Gasteiger partial charge >= 0.3 is 0 Å². The fourth-order valence-electron chi connectivity index (χ4n) is 0.729. The second kappa shape index (κ2) is 8.70. The summed E-state index contributed by atoms with van der Waals surface area (Å²) in [5, 5.41) is 4.35. The minimum atomic E-state index is 1.02. The first-order chi connectivity index (χ1) is 4.91. The smallest absolute Gasteiger partial charge is 0.0136 e. The Balaban J connectivity index is 2.70. The molecule has 0 fully saturated rings. The molecule has 0 spiro atoms. The average Bonchev–Trinajstić information content (AvgIpc) is 1.97. The molecule has 0 aromatic heterocycles. The molecule has 0 saturated heterocycles. The highest BCUT2D eigenvalue weighted by Crippen LogP contribution is 1.88. The SMILES string of the molecule is C=CCCC[N]CCCC. The molecule has 0 bridgehead atoms. The van der Waals surface area contributed by atoms with Crippen LogP contribution in [0.2, 0.25) is 0 Å². The van der Waals surface area contributed by atoms with E-state index in [0.29, 0.717) is 0 Å². The zero-order chi connectivity index (χ0) is 7.66. The zero-order valence-corrected chi connectivity index (χ0v) is 6.97. The molecule has 0 aliphatic carbocycles. The highest BCUT2D eigenvalue weighted by atomic mass is 14.8. The van der Waals surface area contributed by atoms with Crippen LogP contribution in [0.15, 0.2) is 12.7 Å². The first kappa shape index (κ1) is 9.70. The van der Waals surface area contributed by atoms with Crippen molar-refractivity contribution in [2.75, 3.05) is 13.1 Å². The van der Waals surface area contributed by atoms with E-state index in [9.17, 15) is 0 Å². The van der Waals surface area contributed by atoms with Gasteiger partial charge in [-0.15, -0.1) is 6.58 Å². The third kappa shape index (κ3) is 7.70. The van der Waals surface area contributed by atoms with E-state index in [-0.39, 0.29) is 0 Å². The van der Waals surface area contributed by atoms with Crippen molar-refractivity contribution in [1.29, 1.82) is 0 Å². The number of hydrogen-bond donors (Lipinski definition) is 0. The number of unbranched alkanes of at least 4 members (excludes halogenated alkanes) is 2. The Bertz CT molecular complexity index is 69.1. The van der Waals surface area contributed by atoms with Crippen molar-refractivity contribution in [1.82, 2.24) is 5.32 Å². The predicted molar refractivity (Wildman–Crippen MR) is 46.2 cm³/mol. The van der Waals surface area contributed by atoms with Gasteiger partial charge in [-0.25, -0.2) is 5.32 Å². The second-order valence-corrected chi connectivity index (χ2v) is 2.46. The summed E-state index contributed by atoms with van der Waals surface area (Å²) in [4.78, 5) is 0. The highest BCUT2D eigenvalue weighted by molar-refractivity contribution is 4.66. The van der Waals surface area contributed by atoms with E-state index in [4.69, 9.17) is 0 Å². The summed E-state index contributed by atoms with van der Waals surface area (Å²) in [6.45, 7) is 7.92. The first-order valence-electron chi connectivity index (χ1n) is 4.16. The summed E-state index contributed by atoms with van der Waals surface area (Å²) in [6, 6.07) is 0. The van der Waals surface area contributed by atoms with Crippen LogP contribution in [-0.4, -0.2) is 13.1 Å². The highest BCUT2D eigenvalue weighted by Gasteiger charge is 1.86. The van der Waals surface area contributed by atoms with Gasteiger partial charge in [-0.2, -0.15) is 0 Å². The number of hydrogen-bond acceptors (Lipinski definition) is 0. The molecule has 1 radical (unpaired) electrons. The lowest BCUT2D eigenvalue weighted by atomic mass is 10.3. The van der Waals surface area contributed by atoms with E-state index in [1.54, 1.807) is 0 Å². The van der Waals surface area contributed by atoms with Crippen LogP contribution in [0.25, 0.3) is 0 Å². The monoisotopic (exact) mass is 140 g/mol. The van der Waals surface area contributed by atoms with Gasteiger partial charge in [0, 0.05) is 13.1 Å². The number of rotatable bonds is 7. The quantitative estimate of drug-likeness (QED) is 0.381. The molecule has 0 aliphatic heterocycles. The van der Waals surface area contributed by atoms with E-state index >= 15 is 0 Å². The fourth-order valence-corrected chi connectivity index (χ4v) is 0.729. The minimum absolute atomic E-state index is 1.02. The summed E-state index contributed by atoms with van der Waals surface area (Å²) in [5.41, 5.74) is 0. The lowest BCUT2D eigenvalue weighted by Crippen LogP contribution is -2.07. The second-order valence-electron chi connectivity index (χ2n) is 2.46. The molecule has 0 rings (SSSR count). The van der Waals surface area contributed by atoms with Crippen LogP contribution in [0.3, 0.4) is 0 Å². The van der Waals surface area contributed by atoms with Crippen molar-refractivity contribution in [3.05, 3.63) is 12.7 Å². The molecule has 59 valence electrons. The molecule has 0 N–H and O–H groups in total. The molecule has 1 heteroatoms. The van der Waals surface area contributed by atoms with E-state index in [1.807, 2.05) is 6.08 Å². The molecule has 1 nitrogen and oxygen atoms in total. The lowest BCUT2D eigenvalue weighted by molar-refractivity contribution is 0.609. The van der Waals surface area contributed by atoms with E-state index in [2.05, 4.69) is 18.8 Å². The van der Waals surface area contributed by atoms with Gasteiger partial charge in [0.25, 0.3) is 0 Å². The van der Waals surface area contributed by atoms with Gasteiger partial charge in [-0.05, 0) is 19.3 Å². The summed E-state index contributed by atoms with van der Waals surface area (Å²) < 4.78 is 0. The topological polar surface area (TPSA) is 14.1 Å². The summed E-state index contributed by atoms with van der Waals surface area (Å²) in [7, 11) is 0. The van der Waals surface area contributed by atoms with Crippen molar-refractivity contribution >= 4 is 0 Å². The van der Waals surface area contributed by atoms with Gasteiger partial charge in [0.2, 0.25) is 0 Å². The maximum Gasteiger partial charge on any atom is 0.0136 e. The number of allylic oxidation sites excluding steroid dienone is 1. The Morgan fingerprint density at radius 3 is 2.60 bits per heavy atom. The Morgan fingerprint density at radius 2 is 2.00 bits per heavy atom. The normalized spacial score (nSPS) is 9.70. The van der Waals surface area contributed by atoms with Gasteiger partial charge < -0.3 is 0 Å². The van der Waals surface area contributed by atoms with Crippen molar-refractivity contribution in [2.45, 2.75) is 32.6 Å². The van der Waals surface area contributed by atoms with Crippen LogP contribution in [0, 0.1) is 0 Å². The third-order valence-corrected chi connectivity index (χ3v) is 1.39. The Hall–Kier alpha value is -0.300. The minimum Gasteiger partial charge on any atom is -0.242 e. The van der Waals surface area contributed by atoms with Crippen molar-refractivity contribution in [3.63, 3.8) is 0 Å². The van der Waals surface area contributed by atoms with Gasteiger partial charge in [-0.3, -0.25) is 0 Å². The van der Waals surface area contributed by atoms with E-state index in [1.165, 1.54) is 19.3 Å². The van der Waals surface area contributed by atoms with Gasteiger partial charge in [-0.1, -0.05) is 19.4 Å². The molecule has 0 unspecified atom stereocenters. The molecule has 0 aliphatic rings. The van der Waals surface area contributed by atoms with Crippen LogP contribution in [-0.2, 0) is 0 Å². The van der Waals surface area contributed by atoms with Gasteiger partial charge in [0.1, 0.15) is 0 Å². The van der Waals surface area contributed by atoms with Crippen LogP contribution in [0.1, 0.15) is 32.6 Å². The molecule has 0 heterocycles. The largest absolute Gasteiger partial charge is 0.242 e. The predicted octanol–water partition coefficient (Wildman–Crippen LogP) is 2.36. The first-order valence-corrected chi connectivity index (χ1v) is 4.16. The summed E-state index contributed by atoms with van der Waals surface area (Å²) >= 11 is 0. The Labute approximate surface area is 64.5 Å². The maximum atomic E-state index is 4.35. The molecule has 0 atom stereocenters. The van der Waals surface area contributed by atoms with Gasteiger partial charge in [0.05, 0.1) is 0 Å². The van der Waals surface area contributed by atoms with E-state index in [0.717, 1.165) is 19.5 Å². The summed E-state index contributed by atoms with van der Waals surface area (Å²) in [5.74, 6) is 0. The average molecular weight is 140 g/mol. The van der Waals surface area contributed by atoms with E-state index < -0.39 is 0 Å². The standard InChI is InChI=1S/C9H18N/c1-3-5-7-9-10-8-6-4-2/h3H,1,4-9H2,2H3. The van der Waals surface area contributed by atoms with Crippen LogP contribution >= 0.6 is 0 Å². The molecule has 0 amide bonds. The molecular formula is C9H18N. The summed E-state index contributed by atoms with van der Waals surface area (Å²) in [6.07, 6.45) is 6.73. The lowest BCUT2D eigenvalue weighted by Gasteiger charge is -1.97. The van der Waals surface area contributed by atoms with Crippen LogP contribution in [0.4, 0.5) is 0 Å². The Kier molecular flexibility index (Phi) is 8.44. The number of nitrogens with zero attached hydrogens (tertiary/aromatic N) is 1. The zero-order valence-electron chi connectivity index (χ0n) is 6.97. The third-order valence-electron chi connectivity index (χ3n) is 1.39. The molecule has 0 saturated carbocycles. The fraction of sp³-hybridized carbons (Fsp3) is 0.778. The molecule has 10 heavy (non-hydrogen) atoms. The van der Waals surface area contributed by atoms with Gasteiger partial charge in [0.15, 0.2) is 0 Å². The van der Waals surface area contributed by atoms with Crippen molar-refractivity contribution in [2.24, 2.45) is 0 Å². The van der Waals surface area contributed by atoms with Crippen molar-refractivity contribution in [3.8, 4) is 0 Å². The van der Waals surface area contributed by atoms with Crippen LogP contribution < -0.4 is 5.32 Å². The van der Waals surface area contributed by atoms with Crippen molar-refractivity contribution < 1.29 is 0 Å². The van der Waals surface area contributed by atoms with Crippen LogP contribution in [0.5, 0.6) is 0 Å². The Morgan fingerprint density at radius 1 is 1.30 bits per heavy atom. The molecular weight excluding hydrogens is 122 g/mol. The maximum absolute atomic E-state index is 4.35. The molecule has 0 aromatic rings. The molecule has 0 aromatic carbocycles.